The number of methoxy groups -OCH3 is 2. The number of ether oxygens (including phenoxy) is 2. The van der Waals surface area contributed by atoms with Crippen LogP contribution in [0.5, 0.6) is 11.5 Å². The quantitative estimate of drug-likeness (QED) is 0.689. The normalized spacial score (nSPS) is 10.2. The summed E-state index contributed by atoms with van der Waals surface area (Å²) in [5.41, 5.74) is 1.96. The molecule has 0 aliphatic carbocycles. The van der Waals surface area contributed by atoms with Gasteiger partial charge in [0.1, 0.15) is 11.5 Å². The number of nitrogens with one attached hydrogen (secondary N) is 2. The van der Waals surface area contributed by atoms with Crippen LogP contribution in [0.3, 0.4) is 0 Å². The van der Waals surface area contributed by atoms with Crippen LogP contribution in [0.2, 0.25) is 0 Å². The van der Waals surface area contributed by atoms with Crippen LogP contribution < -0.4 is 20.1 Å². The van der Waals surface area contributed by atoms with Gasteiger partial charge in [0.25, 0.3) is 5.91 Å². The first kappa shape index (κ1) is 17.6. The number of nitrogens with zero attached hydrogens (tertiary/aromatic N) is 1. The fraction of sp³-hybridized carbons (Fsp3) is 0.105. The minimum atomic E-state index is -0.375. The Balaban J connectivity index is 1.76. The Morgan fingerprint density at radius 1 is 1.08 bits per heavy atom. The molecule has 3 rings (SSSR count). The molecular formula is C19H17N3O3S. The van der Waals surface area contributed by atoms with Crippen molar-refractivity contribution < 1.29 is 14.3 Å². The van der Waals surface area contributed by atoms with Gasteiger partial charge in [0, 0.05) is 23.3 Å². The Bertz CT molecular complexity index is 970. The Morgan fingerprint density at radius 2 is 1.92 bits per heavy atom. The lowest BCUT2D eigenvalue weighted by Crippen LogP contribution is -2.34. The summed E-state index contributed by atoms with van der Waals surface area (Å²) < 4.78 is 10.4. The van der Waals surface area contributed by atoms with E-state index in [9.17, 15) is 4.79 Å². The van der Waals surface area contributed by atoms with Crippen molar-refractivity contribution in [2.45, 2.75) is 0 Å². The standard InChI is InChI=1S/C19H17N3O3S/c1-24-12-8-9-14(17(11-12)25-2)18(23)22-19(26)21-16-7-3-6-15-13(16)5-4-10-20-15/h3-11H,1-2H3,(H2,21,22,23,26). The zero-order valence-electron chi connectivity index (χ0n) is 14.3. The molecule has 0 saturated heterocycles. The highest BCUT2D eigenvalue weighted by atomic mass is 32.1. The first-order valence-corrected chi connectivity index (χ1v) is 8.21. The maximum absolute atomic E-state index is 12.5. The van der Waals surface area contributed by atoms with Crippen molar-refractivity contribution in [1.29, 1.82) is 0 Å². The second kappa shape index (κ2) is 7.79. The van der Waals surface area contributed by atoms with Crippen molar-refractivity contribution in [3.8, 4) is 11.5 Å². The van der Waals surface area contributed by atoms with Crippen LogP contribution in [0, 0.1) is 0 Å². The molecule has 0 atom stereocenters. The number of benzene rings is 2. The largest absolute Gasteiger partial charge is 0.497 e. The lowest BCUT2D eigenvalue weighted by atomic mass is 10.1. The third-order valence-electron chi connectivity index (χ3n) is 3.77. The number of amides is 1. The molecule has 26 heavy (non-hydrogen) atoms. The zero-order chi connectivity index (χ0) is 18.5. The van der Waals surface area contributed by atoms with E-state index in [1.165, 1.54) is 7.11 Å². The number of rotatable bonds is 4. The fourth-order valence-corrected chi connectivity index (χ4v) is 2.73. The molecule has 1 aromatic heterocycles. The average Bonchev–Trinajstić information content (AvgIpc) is 2.67. The SMILES string of the molecule is COc1ccc(C(=O)NC(=S)Nc2cccc3ncccc23)c(OC)c1. The predicted molar refractivity (Wildman–Crippen MR) is 105 cm³/mol. The highest BCUT2D eigenvalue weighted by molar-refractivity contribution is 7.80. The van der Waals surface area contributed by atoms with Gasteiger partial charge < -0.3 is 14.8 Å². The summed E-state index contributed by atoms with van der Waals surface area (Å²) in [6, 6.07) is 14.4. The summed E-state index contributed by atoms with van der Waals surface area (Å²) >= 11 is 5.27. The highest BCUT2D eigenvalue weighted by Crippen LogP contribution is 2.25. The van der Waals surface area contributed by atoms with Crippen LogP contribution >= 0.6 is 12.2 Å². The molecule has 0 radical (unpaired) electrons. The van der Waals surface area contributed by atoms with Crippen LogP contribution in [0.25, 0.3) is 10.9 Å². The summed E-state index contributed by atoms with van der Waals surface area (Å²) in [6.07, 6.45) is 1.72. The second-order valence-electron chi connectivity index (χ2n) is 5.35. The first-order chi connectivity index (χ1) is 12.6. The number of carbonyl (C=O) groups excluding carboxylic acids is 1. The number of fused-ring (bicyclic) bond motifs is 1. The van der Waals surface area contributed by atoms with Gasteiger partial charge in [0.2, 0.25) is 0 Å². The van der Waals surface area contributed by atoms with E-state index < -0.39 is 0 Å². The van der Waals surface area contributed by atoms with E-state index in [0.717, 1.165) is 16.6 Å². The molecular weight excluding hydrogens is 350 g/mol. The van der Waals surface area contributed by atoms with E-state index in [0.29, 0.717) is 17.1 Å². The molecule has 6 nitrogen and oxygen atoms in total. The number of pyridine rings is 1. The fourth-order valence-electron chi connectivity index (χ4n) is 2.52. The summed E-state index contributed by atoms with van der Waals surface area (Å²) in [6.45, 7) is 0. The van der Waals surface area contributed by atoms with Crippen molar-refractivity contribution in [1.82, 2.24) is 10.3 Å². The second-order valence-corrected chi connectivity index (χ2v) is 5.76. The van der Waals surface area contributed by atoms with Crippen molar-refractivity contribution in [2.75, 3.05) is 19.5 Å². The van der Waals surface area contributed by atoms with Crippen LogP contribution in [-0.2, 0) is 0 Å². The molecule has 132 valence electrons. The van der Waals surface area contributed by atoms with Crippen molar-refractivity contribution in [3.05, 3.63) is 60.3 Å². The van der Waals surface area contributed by atoms with Crippen molar-refractivity contribution in [2.24, 2.45) is 0 Å². The van der Waals surface area contributed by atoms with Gasteiger partial charge in [-0.15, -0.1) is 0 Å². The van der Waals surface area contributed by atoms with E-state index in [4.69, 9.17) is 21.7 Å². The van der Waals surface area contributed by atoms with E-state index in [-0.39, 0.29) is 11.0 Å². The van der Waals surface area contributed by atoms with E-state index >= 15 is 0 Å². The maximum atomic E-state index is 12.5. The molecule has 3 aromatic rings. The molecule has 0 saturated carbocycles. The zero-order valence-corrected chi connectivity index (χ0v) is 15.1. The molecule has 2 N–H and O–H groups in total. The third-order valence-corrected chi connectivity index (χ3v) is 3.98. The van der Waals surface area contributed by atoms with E-state index in [1.54, 1.807) is 31.5 Å². The van der Waals surface area contributed by atoms with Gasteiger partial charge in [-0.3, -0.25) is 15.1 Å². The predicted octanol–water partition coefficient (Wildman–Crippen LogP) is 3.38. The molecule has 0 fully saturated rings. The molecule has 2 aromatic carbocycles. The summed E-state index contributed by atoms with van der Waals surface area (Å²) in [7, 11) is 3.04. The van der Waals surface area contributed by atoms with E-state index in [1.807, 2.05) is 30.3 Å². The summed E-state index contributed by atoms with van der Waals surface area (Å²) in [5, 5.41) is 6.80. The molecule has 0 bridgehead atoms. The van der Waals surface area contributed by atoms with Crippen LogP contribution in [-0.4, -0.2) is 30.2 Å². The molecule has 7 heteroatoms. The van der Waals surface area contributed by atoms with Gasteiger partial charge in [0.15, 0.2) is 5.11 Å². The smallest absolute Gasteiger partial charge is 0.261 e. The van der Waals surface area contributed by atoms with Crippen LogP contribution in [0.15, 0.2) is 54.7 Å². The average molecular weight is 367 g/mol. The maximum Gasteiger partial charge on any atom is 0.261 e. The molecule has 0 spiro atoms. The number of aromatic nitrogens is 1. The van der Waals surface area contributed by atoms with Gasteiger partial charge in [-0.25, -0.2) is 0 Å². The topological polar surface area (TPSA) is 72.5 Å². The summed E-state index contributed by atoms with van der Waals surface area (Å²) in [5.74, 6) is 0.627. The Labute approximate surface area is 156 Å². The first-order valence-electron chi connectivity index (χ1n) is 7.80. The molecule has 1 amide bonds. The van der Waals surface area contributed by atoms with Crippen molar-refractivity contribution >= 4 is 39.8 Å². The van der Waals surface area contributed by atoms with Crippen LogP contribution in [0.1, 0.15) is 10.4 Å². The van der Waals surface area contributed by atoms with Gasteiger partial charge in [0.05, 0.1) is 25.3 Å². The third kappa shape index (κ3) is 3.73. The van der Waals surface area contributed by atoms with Gasteiger partial charge >= 0.3 is 0 Å². The number of hydrogen-bond donors (Lipinski definition) is 2. The van der Waals surface area contributed by atoms with Gasteiger partial charge in [-0.05, 0) is 48.6 Å². The van der Waals surface area contributed by atoms with Crippen LogP contribution in [0.4, 0.5) is 5.69 Å². The van der Waals surface area contributed by atoms with Gasteiger partial charge in [-0.1, -0.05) is 6.07 Å². The Kier molecular flexibility index (Phi) is 5.28. The van der Waals surface area contributed by atoms with Crippen molar-refractivity contribution in [3.63, 3.8) is 0 Å². The minimum Gasteiger partial charge on any atom is -0.497 e. The molecule has 1 heterocycles. The Morgan fingerprint density at radius 3 is 2.69 bits per heavy atom. The lowest BCUT2D eigenvalue weighted by molar-refractivity contribution is 0.0974. The lowest BCUT2D eigenvalue weighted by Gasteiger charge is -2.13. The summed E-state index contributed by atoms with van der Waals surface area (Å²) in [4.78, 5) is 16.8. The number of thiocarbonyl (C=S) groups is 1. The number of anilines is 1. The monoisotopic (exact) mass is 367 g/mol. The number of carbonyl (C=O) groups is 1. The number of hydrogen-bond acceptors (Lipinski definition) is 5. The minimum absolute atomic E-state index is 0.184. The highest BCUT2D eigenvalue weighted by Gasteiger charge is 2.15. The molecule has 0 aliphatic rings. The Hall–Kier alpha value is -3.19. The molecule has 0 unspecified atom stereocenters. The molecule has 0 aliphatic heterocycles. The van der Waals surface area contributed by atoms with E-state index in [2.05, 4.69) is 15.6 Å². The van der Waals surface area contributed by atoms with Gasteiger partial charge in [-0.2, -0.15) is 0 Å².